The van der Waals surface area contributed by atoms with Crippen molar-refractivity contribution in [3.8, 4) is 17.1 Å². The van der Waals surface area contributed by atoms with Gasteiger partial charge in [-0.2, -0.15) is 5.10 Å². The zero-order valence-electron chi connectivity index (χ0n) is 14.1. The lowest BCUT2D eigenvalue weighted by molar-refractivity contribution is -0.105. The monoisotopic (exact) mass is 337 g/mol. The molecule has 1 aliphatic carbocycles. The predicted molar refractivity (Wildman–Crippen MR) is 97.0 cm³/mol. The van der Waals surface area contributed by atoms with Crippen molar-refractivity contribution < 1.29 is 9.53 Å². The Labute approximate surface area is 145 Å². The van der Waals surface area contributed by atoms with Crippen LogP contribution in [0.3, 0.4) is 0 Å². The van der Waals surface area contributed by atoms with Crippen molar-refractivity contribution in [3.63, 3.8) is 0 Å². The zero-order chi connectivity index (χ0) is 17.4. The molecule has 1 fully saturated rings. The van der Waals surface area contributed by atoms with E-state index in [2.05, 4.69) is 15.5 Å². The number of aromatic amines is 1. The van der Waals surface area contributed by atoms with E-state index in [1.165, 1.54) is 0 Å². The number of rotatable bonds is 6. The molecule has 1 aliphatic rings. The fourth-order valence-corrected chi connectivity index (χ4v) is 2.71. The maximum absolute atomic E-state index is 10.7. The third-order valence-corrected chi connectivity index (χ3v) is 4.11. The van der Waals surface area contributed by atoms with Crippen LogP contribution in [-0.4, -0.2) is 41.8 Å². The maximum atomic E-state index is 10.7. The number of carbonyl (C=O) groups excluding carboxylic acids is 1. The zero-order valence-corrected chi connectivity index (χ0v) is 14.1. The molecular weight excluding hydrogens is 318 g/mol. The number of nitrogens with one attached hydrogen (secondary N) is 2. The maximum Gasteiger partial charge on any atom is 0.211 e. The number of ether oxygens (including phenoxy) is 1. The van der Waals surface area contributed by atoms with Gasteiger partial charge in [-0.3, -0.25) is 9.89 Å². The van der Waals surface area contributed by atoms with Crippen LogP contribution in [0.2, 0.25) is 0 Å². The number of hydrogen-bond donors (Lipinski definition) is 2. The first-order valence-electron chi connectivity index (χ1n) is 8.19. The summed E-state index contributed by atoms with van der Waals surface area (Å²) in [5, 5.41) is 11.0. The van der Waals surface area contributed by atoms with Crippen LogP contribution in [0.4, 0.5) is 11.5 Å². The molecule has 7 nitrogen and oxygen atoms in total. The van der Waals surface area contributed by atoms with Gasteiger partial charge in [0.25, 0.3) is 0 Å². The van der Waals surface area contributed by atoms with Gasteiger partial charge in [0.1, 0.15) is 5.69 Å². The number of aromatic nitrogens is 3. The van der Waals surface area contributed by atoms with Gasteiger partial charge >= 0.3 is 0 Å². The average molecular weight is 337 g/mol. The third-order valence-electron chi connectivity index (χ3n) is 4.11. The van der Waals surface area contributed by atoms with E-state index < -0.39 is 0 Å². The first kappa shape index (κ1) is 15.4. The fraction of sp³-hybridized carbons (Fsp3) is 0.278. The average Bonchev–Trinajstić information content (AvgIpc) is 3.32. The highest BCUT2D eigenvalue weighted by atomic mass is 16.5. The van der Waals surface area contributed by atoms with Crippen LogP contribution in [0.1, 0.15) is 12.8 Å². The summed E-state index contributed by atoms with van der Waals surface area (Å²) in [6, 6.07) is 9.46. The van der Waals surface area contributed by atoms with Crippen LogP contribution in [0, 0.1) is 0 Å². The number of nitrogens with zero attached hydrogens (tertiary/aromatic N) is 3. The van der Waals surface area contributed by atoms with Crippen molar-refractivity contribution in [1.82, 2.24) is 15.2 Å². The van der Waals surface area contributed by atoms with Crippen LogP contribution >= 0.6 is 0 Å². The molecule has 1 amide bonds. The molecule has 4 rings (SSSR count). The van der Waals surface area contributed by atoms with E-state index in [0.717, 1.165) is 46.7 Å². The number of H-pyrrole nitrogens is 1. The molecule has 1 aromatic carbocycles. The first-order chi connectivity index (χ1) is 12.2. The summed E-state index contributed by atoms with van der Waals surface area (Å²) >= 11 is 0. The lowest BCUT2D eigenvalue weighted by Gasteiger charge is -2.17. The lowest BCUT2D eigenvalue weighted by Crippen LogP contribution is -2.13. The van der Waals surface area contributed by atoms with Gasteiger partial charge in [0.15, 0.2) is 11.6 Å². The van der Waals surface area contributed by atoms with Crippen LogP contribution in [-0.2, 0) is 4.79 Å². The van der Waals surface area contributed by atoms with Crippen LogP contribution < -0.4 is 15.0 Å². The highest BCUT2D eigenvalue weighted by Gasteiger charge is 2.25. The van der Waals surface area contributed by atoms with E-state index >= 15 is 0 Å². The van der Waals surface area contributed by atoms with Crippen molar-refractivity contribution >= 4 is 28.8 Å². The summed E-state index contributed by atoms with van der Waals surface area (Å²) in [7, 11) is 3.89. The molecule has 0 radical (unpaired) electrons. The van der Waals surface area contributed by atoms with Gasteiger partial charge in [-0.1, -0.05) is 0 Å². The number of amides is 1. The normalized spacial score (nSPS) is 13.7. The Morgan fingerprint density at radius 1 is 1.28 bits per heavy atom. The molecule has 0 aliphatic heterocycles. The van der Waals surface area contributed by atoms with E-state index in [1.807, 2.05) is 49.3 Å². The van der Waals surface area contributed by atoms with Crippen molar-refractivity contribution in [3.05, 3.63) is 30.3 Å². The Bertz CT molecular complexity index is 930. The Kier molecular flexibility index (Phi) is 3.76. The van der Waals surface area contributed by atoms with Crippen LogP contribution in [0.5, 0.6) is 5.75 Å². The lowest BCUT2D eigenvalue weighted by atomic mass is 10.1. The standard InChI is InChI=1S/C18H19N5O2/c1-23(2)18-16(25-12-4-5-12)8-7-15(20-18)17-13-9-11(19-10-24)3-6-14(13)21-22-17/h3,6-10,12H,4-5H2,1-2H3,(H,19,24)(H,21,22). The molecule has 2 heterocycles. The second-order valence-electron chi connectivity index (χ2n) is 6.32. The summed E-state index contributed by atoms with van der Waals surface area (Å²) in [6.45, 7) is 0. The van der Waals surface area contributed by atoms with E-state index in [1.54, 1.807) is 0 Å². The molecule has 1 saturated carbocycles. The van der Waals surface area contributed by atoms with E-state index in [4.69, 9.17) is 9.72 Å². The Morgan fingerprint density at radius 2 is 2.12 bits per heavy atom. The summed E-state index contributed by atoms with van der Waals surface area (Å²) in [5.41, 5.74) is 3.09. The molecule has 0 spiro atoms. The number of carbonyl (C=O) groups is 1. The third kappa shape index (κ3) is 3.00. The quantitative estimate of drug-likeness (QED) is 0.676. The van der Waals surface area contributed by atoms with Crippen LogP contribution in [0.25, 0.3) is 22.3 Å². The first-order valence-corrected chi connectivity index (χ1v) is 8.19. The summed E-state index contributed by atoms with van der Waals surface area (Å²) in [5.74, 6) is 1.57. The fourth-order valence-electron chi connectivity index (χ4n) is 2.71. The van der Waals surface area contributed by atoms with Crippen molar-refractivity contribution in [2.45, 2.75) is 18.9 Å². The molecule has 7 heteroatoms. The van der Waals surface area contributed by atoms with E-state index in [9.17, 15) is 4.79 Å². The van der Waals surface area contributed by atoms with Crippen LogP contribution in [0.15, 0.2) is 30.3 Å². The second-order valence-corrected chi connectivity index (χ2v) is 6.32. The molecule has 25 heavy (non-hydrogen) atoms. The van der Waals surface area contributed by atoms with Gasteiger partial charge < -0.3 is 15.0 Å². The van der Waals surface area contributed by atoms with Gasteiger partial charge in [-0.15, -0.1) is 0 Å². The van der Waals surface area contributed by atoms with Crippen molar-refractivity contribution in [1.29, 1.82) is 0 Å². The van der Waals surface area contributed by atoms with Gasteiger partial charge in [0, 0.05) is 25.2 Å². The number of hydrogen-bond acceptors (Lipinski definition) is 5. The molecule has 0 unspecified atom stereocenters. The summed E-state index contributed by atoms with van der Waals surface area (Å²) in [6.07, 6.45) is 3.18. The SMILES string of the molecule is CN(C)c1nc(-c2n[nH]c3ccc(NC=O)cc23)ccc1OC1CC1. The highest BCUT2D eigenvalue weighted by Crippen LogP contribution is 2.35. The largest absolute Gasteiger partial charge is 0.487 e. The van der Waals surface area contributed by atoms with Gasteiger partial charge in [0.2, 0.25) is 6.41 Å². The molecule has 0 bridgehead atoms. The Morgan fingerprint density at radius 3 is 2.84 bits per heavy atom. The molecule has 128 valence electrons. The Hall–Kier alpha value is -3.09. The molecule has 2 N–H and O–H groups in total. The summed E-state index contributed by atoms with van der Waals surface area (Å²) < 4.78 is 5.95. The predicted octanol–water partition coefficient (Wildman–Crippen LogP) is 2.80. The molecule has 0 atom stereocenters. The molecular formula is C18H19N5O2. The minimum Gasteiger partial charge on any atom is -0.487 e. The second kappa shape index (κ2) is 6.08. The molecule has 0 saturated heterocycles. The van der Waals surface area contributed by atoms with Gasteiger partial charge in [-0.05, 0) is 43.2 Å². The smallest absolute Gasteiger partial charge is 0.211 e. The van der Waals surface area contributed by atoms with Gasteiger partial charge in [-0.25, -0.2) is 4.98 Å². The number of benzene rings is 1. The molecule has 2 aromatic heterocycles. The van der Waals surface area contributed by atoms with Gasteiger partial charge in [0.05, 0.1) is 17.3 Å². The molecule has 3 aromatic rings. The number of fused-ring (bicyclic) bond motifs is 1. The number of pyridine rings is 1. The minimum absolute atomic E-state index is 0.314. The van der Waals surface area contributed by atoms with E-state index in [0.29, 0.717) is 18.2 Å². The topological polar surface area (TPSA) is 83.1 Å². The minimum atomic E-state index is 0.314. The van der Waals surface area contributed by atoms with Crippen molar-refractivity contribution in [2.75, 3.05) is 24.3 Å². The highest BCUT2D eigenvalue weighted by molar-refractivity contribution is 5.95. The summed E-state index contributed by atoms with van der Waals surface area (Å²) in [4.78, 5) is 17.4. The van der Waals surface area contributed by atoms with E-state index in [-0.39, 0.29) is 0 Å². The Balaban J connectivity index is 1.78. The number of anilines is 2. The van der Waals surface area contributed by atoms with Crippen molar-refractivity contribution in [2.24, 2.45) is 0 Å².